The van der Waals surface area contributed by atoms with Crippen molar-refractivity contribution in [3.8, 4) is 0 Å². The number of hydrogen-bond acceptors (Lipinski definition) is 4. The number of nitro benzene ring substituents is 1. The molecule has 0 unspecified atom stereocenters. The number of anilines is 1. The van der Waals surface area contributed by atoms with Crippen LogP contribution in [0.1, 0.15) is 0 Å². The van der Waals surface area contributed by atoms with Gasteiger partial charge in [0.25, 0.3) is 5.69 Å². The van der Waals surface area contributed by atoms with Crippen LogP contribution < -0.4 is 22.7 Å². The molecule has 0 heterocycles. The van der Waals surface area contributed by atoms with E-state index in [4.69, 9.17) is 0 Å². The van der Waals surface area contributed by atoms with Crippen molar-refractivity contribution in [3.05, 3.63) is 34.4 Å². The molecule has 0 aliphatic heterocycles. The molecule has 16 heavy (non-hydrogen) atoms. The zero-order chi connectivity index (χ0) is 11.3. The fourth-order valence-electron chi connectivity index (χ4n) is 0.894. The number of halogens is 1. The van der Waals surface area contributed by atoms with Crippen LogP contribution in [-0.2, 0) is 0 Å². The van der Waals surface area contributed by atoms with E-state index in [0.29, 0.717) is 0 Å². The molecule has 0 saturated heterocycles. The summed E-state index contributed by atoms with van der Waals surface area (Å²) in [6.07, 6.45) is 1.68. The first-order valence-electron chi connectivity index (χ1n) is 4.43. The van der Waals surface area contributed by atoms with E-state index in [1.165, 1.54) is 12.1 Å². The van der Waals surface area contributed by atoms with Crippen LogP contribution >= 0.6 is 0 Å². The SMILES string of the molecule is C[NH+](C)/C=N/Nc1ccc([N+](=O)[O-])cc1.[Cl-]. The summed E-state index contributed by atoms with van der Waals surface area (Å²) >= 11 is 0. The molecule has 1 aromatic rings. The van der Waals surface area contributed by atoms with Crippen molar-refractivity contribution >= 4 is 17.7 Å². The average molecular weight is 245 g/mol. The molecule has 6 nitrogen and oxygen atoms in total. The minimum Gasteiger partial charge on any atom is -1.00 e. The van der Waals surface area contributed by atoms with Gasteiger partial charge in [-0.1, -0.05) is 0 Å². The summed E-state index contributed by atoms with van der Waals surface area (Å²) in [5.74, 6) is 0. The largest absolute Gasteiger partial charge is 1.00 e. The van der Waals surface area contributed by atoms with Crippen molar-refractivity contribution in [2.45, 2.75) is 0 Å². The number of nitro groups is 1. The van der Waals surface area contributed by atoms with Crippen molar-refractivity contribution in [2.75, 3.05) is 19.5 Å². The Labute approximate surface area is 99.5 Å². The van der Waals surface area contributed by atoms with E-state index in [-0.39, 0.29) is 18.1 Å². The third kappa shape index (κ3) is 4.72. The highest BCUT2D eigenvalue weighted by Crippen LogP contribution is 2.14. The molecular weight excluding hydrogens is 232 g/mol. The molecule has 0 fully saturated rings. The van der Waals surface area contributed by atoms with Gasteiger partial charge in [-0.05, 0) is 12.1 Å². The fraction of sp³-hybridized carbons (Fsp3) is 0.222. The molecule has 0 aromatic heterocycles. The monoisotopic (exact) mass is 244 g/mol. The molecule has 0 saturated carbocycles. The van der Waals surface area contributed by atoms with Crippen molar-refractivity contribution in [1.29, 1.82) is 0 Å². The predicted molar refractivity (Wildman–Crippen MR) is 58.0 cm³/mol. The van der Waals surface area contributed by atoms with Gasteiger partial charge in [-0.15, -0.1) is 5.10 Å². The normalized spacial score (nSPS) is 10.2. The molecule has 0 aliphatic carbocycles. The van der Waals surface area contributed by atoms with Crippen LogP contribution in [0.2, 0.25) is 0 Å². The molecule has 1 rings (SSSR count). The van der Waals surface area contributed by atoms with Gasteiger partial charge in [-0.2, -0.15) is 0 Å². The van der Waals surface area contributed by atoms with Gasteiger partial charge >= 0.3 is 0 Å². The molecule has 1 aromatic carbocycles. The highest BCUT2D eigenvalue weighted by Gasteiger charge is 2.02. The Morgan fingerprint density at radius 2 is 1.94 bits per heavy atom. The summed E-state index contributed by atoms with van der Waals surface area (Å²) in [6.45, 7) is 0. The standard InChI is InChI=1S/C9H12N4O2.ClH/c1-12(2)7-10-11-8-3-5-9(6-4-8)13(14)15;/h3-7,11H,1-2H3;1H/b10-7+;. The van der Waals surface area contributed by atoms with Gasteiger partial charge in [0.05, 0.1) is 24.7 Å². The topological polar surface area (TPSA) is 72.0 Å². The predicted octanol–water partition coefficient (Wildman–Crippen LogP) is -2.90. The van der Waals surface area contributed by atoms with Crippen LogP contribution in [0, 0.1) is 10.1 Å². The van der Waals surface area contributed by atoms with E-state index in [1.54, 1.807) is 18.5 Å². The maximum atomic E-state index is 10.4. The van der Waals surface area contributed by atoms with Crippen molar-refractivity contribution in [3.63, 3.8) is 0 Å². The van der Waals surface area contributed by atoms with Gasteiger partial charge in [-0.25, -0.2) is 0 Å². The molecule has 2 N–H and O–H groups in total. The van der Waals surface area contributed by atoms with Crippen molar-refractivity contribution in [1.82, 2.24) is 0 Å². The molecule has 7 heteroatoms. The van der Waals surface area contributed by atoms with Gasteiger partial charge in [0.15, 0.2) is 0 Å². The molecular formula is C9H13ClN4O2. The van der Waals surface area contributed by atoms with Crippen LogP contribution in [0.5, 0.6) is 0 Å². The number of nitrogens with one attached hydrogen (secondary N) is 2. The second-order valence-electron chi connectivity index (χ2n) is 3.25. The van der Waals surface area contributed by atoms with E-state index >= 15 is 0 Å². The Kier molecular flexibility index (Phi) is 6.06. The summed E-state index contributed by atoms with van der Waals surface area (Å²) in [5, 5.41) is 14.3. The van der Waals surface area contributed by atoms with Gasteiger partial charge in [0.1, 0.15) is 0 Å². The van der Waals surface area contributed by atoms with E-state index < -0.39 is 4.92 Å². The van der Waals surface area contributed by atoms with E-state index in [1.807, 2.05) is 14.1 Å². The Bertz CT molecular complexity index is 364. The lowest BCUT2D eigenvalue weighted by Gasteiger charge is -2.00. The summed E-state index contributed by atoms with van der Waals surface area (Å²) in [6, 6.07) is 6.08. The minimum atomic E-state index is -0.434. The summed E-state index contributed by atoms with van der Waals surface area (Å²) in [7, 11) is 3.86. The zero-order valence-corrected chi connectivity index (χ0v) is 9.73. The third-order valence-corrected chi connectivity index (χ3v) is 1.59. The van der Waals surface area contributed by atoms with Crippen LogP contribution in [0.15, 0.2) is 29.4 Å². The summed E-state index contributed by atoms with van der Waals surface area (Å²) < 4.78 is 0. The molecule has 88 valence electrons. The minimum absolute atomic E-state index is 0. The molecule has 0 spiro atoms. The Morgan fingerprint density at radius 1 is 1.38 bits per heavy atom. The van der Waals surface area contributed by atoms with Crippen LogP contribution in [0.25, 0.3) is 0 Å². The molecule has 0 atom stereocenters. The fourth-order valence-corrected chi connectivity index (χ4v) is 0.894. The first-order valence-corrected chi connectivity index (χ1v) is 4.43. The van der Waals surface area contributed by atoms with E-state index in [0.717, 1.165) is 10.6 Å². The number of quaternary nitrogens is 1. The average Bonchev–Trinajstić information content (AvgIpc) is 2.18. The number of hydrogen-bond donors (Lipinski definition) is 2. The number of nitrogens with zero attached hydrogens (tertiary/aromatic N) is 2. The van der Waals surface area contributed by atoms with Crippen molar-refractivity contribution < 1.29 is 22.2 Å². The first kappa shape index (κ1) is 14.3. The molecule has 0 aliphatic rings. The first-order chi connectivity index (χ1) is 7.09. The van der Waals surface area contributed by atoms with Crippen LogP contribution in [-0.4, -0.2) is 25.4 Å². The quantitative estimate of drug-likeness (QED) is 0.258. The lowest BCUT2D eigenvalue weighted by Crippen LogP contribution is -3.04. The Morgan fingerprint density at radius 3 is 2.38 bits per heavy atom. The number of benzene rings is 1. The Hall–Kier alpha value is -1.66. The second kappa shape index (κ2) is 6.76. The second-order valence-corrected chi connectivity index (χ2v) is 3.25. The maximum Gasteiger partial charge on any atom is 0.269 e. The number of rotatable bonds is 4. The summed E-state index contributed by atoms with van der Waals surface area (Å²) in [5.41, 5.74) is 3.56. The van der Waals surface area contributed by atoms with E-state index in [2.05, 4.69) is 10.5 Å². The molecule has 0 radical (unpaired) electrons. The Balaban J connectivity index is 0.00000225. The van der Waals surface area contributed by atoms with Gasteiger partial charge in [0, 0.05) is 12.1 Å². The smallest absolute Gasteiger partial charge is 0.269 e. The summed E-state index contributed by atoms with van der Waals surface area (Å²) in [4.78, 5) is 11.0. The number of non-ortho nitro benzene ring substituents is 1. The maximum absolute atomic E-state index is 10.4. The molecule has 0 amide bonds. The number of hydrazone groups is 1. The van der Waals surface area contributed by atoms with Crippen LogP contribution in [0.3, 0.4) is 0 Å². The van der Waals surface area contributed by atoms with Gasteiger partial charge in [-0.3, -0.25) is 20.4 Å². The lowest BCUT2D eigenvalue weighted by molar-refractivity contribution is -0.750. The van der Waals surface area contributed by atoms with Crippen LogP contribution in [0.4, 0.5) is 11.4 Å². The van der Waals surface area contributed by atoms with Gasteiger partial charge < -0.3 is 12.4 Å². The zero-order valence-electron chi connectivity index (χ0n) is 8.98. The third-order valence-electron chi connectivity index (χ3n) is 1.59. The lowest BCUT2D eigenvalue weighted by atomic mass is 10.3. The van der Waals surface area contributed by atoms with Gasteiger partial charge in [0.2, 0.25) is 6.34 Å². The highest BCUT2D eigenvalue weighted by molar-refractivity contribution is 5.51. The van der Waals surface area contributed by atoms with E-state index in [9.17, 15) is 10.1 Å². The molecule has 0 bridgehead atoms. The highest BCUT2D eigenvalue weighted by atomic mass is 35.5. The van der Waals surface area contributed by atoms with Crippen molar-refractivity contribution in [2.24, 2.45) is 5.10 Å².